The Morgan fingerprint density at radius 3 is 1.79 bits per heavy atom. The summed E-state index contributed by atoms with van der Waals surface area (Å²) < 4.78 is 29.7. The zero-order valence-electron chi connectivity index (χ0n) is 9.29. The number of ketones is 1. The SMILES string of the molecule is CC(=O)C(C)(C)CC(C)(C)S(=O)(=O)O. The molecule has 0 saturated carbocycles. The van der Waals surface area contributed by atoms with E-state index in [2.05, 4.69) is 0 Å². The average molecular weight is 222 g/mol. The molecule has 14 heavy (non-hydrogen) atoms. The first kappa shape index (κ1) is 13.6. The highest BCUT2D eigenvalue weighted by molar-refractivity contribution is 7.87. The number of carbonyl (C=O) groups is 1. The normalized spacial score (nSPS) is 14.1. The van der Waals surface area contributed by atoms with Crippen LogP contribution in [-0.2, 0) is 14.9 Å². The molecule has 0 aliphatic rings. The minimum Gasteiger partial charge on any atom is -0.299 e. The van der Waals surface area contributed by atoms with E-state index in [1.165, 1.54) is 20.8 Å². The summed E-state index contributed by atoms with van der Waals surface area (Å²) in [5.41, 5.74) is -0.737. The Balaban J connectivity index is 4.95. The summed E-state index contributed by atoms with van der Waals surface area (Å²) in [4.78, 5) is 11.2. The van der Waals surface area contributed by atoms with Gasteiger partial charge in [0.25, 0.3) is 10.1 Å². The molecule has 0 aliphatic heterocycles. The number of rotatable bonds is 4. The van der Waals surface area contributed by atoms with Crippen molar-refractivity contribution in [2.24, 2.45) is 5.41 Å². The number of hydrogen-bond donors (Lipinski definition) is 1. The third-order valence-electron chi connectivity index (χ3n) is 2.52. The molecule has 4 nitrogen and oxygen atoms in total. The van der Waals surface area contributed by atoms with Crippen molar-refractivity contribution < 1.29 is 17.8 Å². The zero-order chi connectivity index (χ0) is 11.8. The minimum atomic E-state index is -4.12. The van der Waals surface area contributed by atoms with Gasteiger partial charge in [-0.25, -0.2) is 0 Å². The standard InChI is InChI=1S/C9H18O4S/c1-7(10)8(2,3)6-9(4,5)14(11,12)13/h6H2,1-5H3,(H,11,12,13). The quantitative estimate of drug-likeness (QED) is 0.734. The van der Waals surface area contributed by atoms with Crippen LogP contribution in [0.15, 0.2) is 0 Å². The molecular formula is C9H18O4S. The van der Waals surface area contributed by atoms with E-state index < -0.39 is 20.3 Å². The van der Waals surface area contributed by atoms with E-state index in [4.69, 9.17) is 4.55 Å². The lowest BCUT2D eigenvalue weighted by Gasteiger charge is -2.30. The summed E-state index contributed by atoms with van der Waals surface area (Å²) in [5, 5.41) is 0. The Morgan fingerprint density at radius 2 is 1.57 bits per heavy atom. The third-order valence-corrected chi connectivity index (χ3v) is 4.06. The van der Waals surface area contributed by atoms with Gasteiger partial charge in [-0.3, -0.25) is 9.35 Å². The number of carbonyl (C=O) groups excluding carboxylic acids is 1. The van der Waals surface area contributed by atoms with E-state index in [-0.39, 0.29) is 12.2 Å². The molecule has 0 aromatic heterocycles. The van der Waals surface area contributed by atoms with Crippen molar-refractivity contribution in [3.63, 3.8) is 0 Å². The van der Waals surface area contributed by atoms with Crippen LogP contribution in [0.3, 0.4) is 0 Å². The molecule has 0 atom stereocenters. The van der Waals surface area contributed by atoms with Gasteiger partial charge in [0, 0.05) is 5.41 Å². The van der Waals surface area contributed by atoms with Crippen molar-refractivity contribution in [1.29, 1.82) is 0 Å². The molecule has 5 heteroatoms. The molecule has 0 unspecified atom stereocenters. The van der Waals surface area contributed by atoms with Crippen LogP contribution < -0.4 is 0 Å². The molecule has 0 aromatic carbocycles. The van der Waals surface area contributed by atoms with Gasteiger partial charge in [0.2, 0.25) is 0 Å². The monoisotopic (exact) mass is 222 g/mol. The van der Waals surface area contributed by atoms with Crippen LogP contribution in [0.4, 0.5) is 0 Å². The molecule has 84 valence electrons. The fraction of sp³-hybridized carbons (Fsp3) is 0.889. The van der Waals surface area contributed by atoms with Gasteiger partial charge >= 0.3 is 0 Å². The summed E-state index contributed by atoms with van der Waals surface area (Å²) >= 11 is 0. The Bertz CT molecular complexity index is 325. The maximum atomic E-state index is 11.2. The maximum absolute atomic E-state index is 11.2. The predicted molar refractivity (Wildman–Crippen MR) is 54.7 cm³/mol. The summed E-state index contributed by atoms with van der Waals surface area (Å²) in [6.45, 7) is 7.57. The molecule has 0 fully saturated rings. The Kier molecular flexibility index (Phi) is 3.51. The highest BCUT2D eigenvalue weighted by atomic mass is 32.2. The Hall–Kier alpha value is -0.420. The van der Waals surface area contributed by atoms with Gasteiger partial charge in [0.1, 0.15) is 5.78 Å². The second-order valence-electron chi connectivity index (χ2n) is 4.85. The summed E-state index contributed by atoms with van der Waals surface area (Å²) in [7, 11) is -4.12. The van der Waals surface area contributed by atoms with Crippen molar-refractivity contribution in [2.45, 2.75) is 45.8 Å². The van der Waals surface area contributed by atoms with Gasteiger partial charge in [-0.15, -0.1) is 0 Å². The first-order valence-electron chi connectivity index (χ1n) is 4.38. The van der Waals surface area contributed by atoms with Crippen LogP contribution in [0.1, 0.15) is 41.0 Å². The van der Waals surface area contributed by atoms with Crippen molar-refractivity contribution in [3.05, 3.63) is 0 Å². The molecule has 0 aliphatic carbocycles. The van der Waals surface area contributed by atoms with E-state index in [1.54, 1.807) is 13.8 Å². The molecular weight excluding hydrogens is 204 g/mol. The maximum Gasteiger partial charge on any atom is 0.270 e. The third kappa shape index (κ3) is 3.06. The van der Waals surface area contributed by atoms with Crippen LogP contribution in [0.25, 0.3) is 0 Å². The van der Waals surface area contributed by atoms with Crippen LogP contribution in [-0.4, -0.2) is 23.5 Å². The van der Waals surface area contributed by atoms with Crippen molar-refractivity contribution in [2.75, 3.05) is 0 Å². The first-order chi connectivity index (χ1) is 5.90. The topological polar surface area (TPSA) is 71.4 Å². The molecule has 0 amide bonds. The highest BCUT2D eigenvalue weighted by Gasteiger charge is 2.40. The molecule has 0 heterocycles. The van der Waals surface area contributed by atoms with Crippen LogP contribution in [0.5, 0.6) is 0 Å². The number of Topliss-reactive ketones (excluding diaryl/α,β-unsaturated/α-hetero) is 1. The fourth-order valence-electron chi connectivity index (χ4n) is 1.28. The van der Waals surface area contributed by atoms with Crippen LogP contribution >= 0.6 is 0 Å². The van der Waals surface area contributed by atoms with Crippen molar-refractivity contribution in [3.8, 4) is 0 Å². The van der Waals surface area contributed by atoms with Gasteiger partial charge in [-0.1, -0.05) is 13.8 Å². The lowest BCUT2D eigenvalue weighted by Crippen LogP contribution is -2.39. The van der Waals surface area contributed by atoms with Crippen LogP contribution in [0, 0.1) is 5.41 Å². The molecule has 0 rings (SSSR count). The Morgan fingerprint density at radius 1 is 1.21 bits per heavy atom. The lowest BCUT2D eigenvalue weighted by molar-refractivity contribution is -0.125. The smallest absolute Gasteiger partial charge is 0.270 e. The van der Waals surface area contributed by atoms with Gasteiger partial charge in [-0.2, -0.15) is 8.42 Å². The highest BCUT2D eigenvalue weighted by Crippen LogP contribution is 2.33. The summed E-state index contributed by atoms with van der Waals surface area (Å²) in [5.74, 6) is -0.0887. The first-order valence-corrected chi connectivity index (χ1v) is 5.82. The molecule has 0 aromatic rings. The van der Waals surface area contributed by atoms with Crippen molar-refractivity contribution >= 4 is 15.9 Å². The lowest BCUT2D eigenvalue weighted by atomic mass is 9.80. The summed E-state index contributed by atoms with van der Waals surface area (Å²) in [6, 6.07) is 0. The van der Waals surface area contributed by atoms with E-state index in [9.17, 15) is 13.2 Å². The average Bonchev–Trinajstić information content (AvgIpc) is 1.80. The second kappa shape index (κ2) is 3.62. The van der Waals surface area contributed by atoms with E-state index >= 15 is 0 Å². The van der Waals surface area contributed by atoms with Gasteiger partial charge in [0.15, 0.2) is 0 Å². The molecule has 1 N–H and O–H groups in total. The summed E-state index contributed by atoms with van der Waals surface area (Å²) in [6.07, 6.45) is 0.105. The second-order valence-corrected chi connectivity index (χ2v) is 6.91. The van der Waals surface area contributed by atoms with E-state index in [1.807, 2.05) is 0 Å². The fourth-order valence-corrected chi connectivity index (χ4v) is 1.82. The largest absolute Gasteiger partial charge is 0.299 e. The van der Waals surface area contributed by atoms with Crippen molar-refractivity contribution in [1.82, 2.24) is 0 Å². The Labute approximate surface area is 85.4 Å². The van der Waals surface area contributed by atoms with E-state index in [0.29, 0.717) is 0 Å². The molecule has 0 spiro atoms. The van der Waals surface area contributed by atoms with Gasteiger partial charge in [0.05, 0.1) is 4.75 Å². The number of hydrogen-bond acceptors (Lipinski definition) is 3. The molecule has 0 radical (unpaired) electrons. The van der Waals surface area contributed by atoms with Crippen LogP contribution in [0.2, 0.25) is 0 Å². The molecule has 0 bridgehead atoms. The molecule has 0 saturated heterocycles. The van der Waals surface area contributed by atoms with Gasteiger partial charge in [-0.05, 0) is 27.2 Å². The zero-order valence-corrected chi connectivity index (χ0v) is 10.1. The minimum absolute atomic E-state index is 0.0887. The predicted octanol–water partition coefficient (Wildman–Crippen LogP) is 1.66. The van der Waals surface area contributed by atoms with Gasteiger partial charge < -0.3 is 0 Å². The van der Waals surface area contributed by atoms with E-state index in [0.717, 1.165) is 0 Å².